The first-order valence-electron chi connectivity index (χ1n) is 4.00. The van der Waals surface area contributed by atoms with Gasteiger partial charge in [-0.3, -0.25) is 0 Å². The summed E-state index contributed by atoms with van der Waals surface area (Å²) in [6, 6.07) is 0. The summed E-state index contributed by atoms with van der Waals surface area (Å²) in [5.74, 6) is 0. The Balaban J connectivity index is 2.85. The van der Waals surface area contributed by atoms with Crippen molar-refractivity contribution in [3.63, 3.8) is 0 Å². The van der Waals surface area contributed by atoms with Crippen molar-refractivity contribution >= 4 is 0 Å². The molecule has 0 atom stereocenters. The van der Waals surface area contributed by atoms with E-state index >= 15 is 0 Å². The van der Waals surface area contributed by atoms with Gasteiger partial charge in [0.15, 0.2) is 0 Å². The lowest BCUT2D eigenvalue weighted by atomic mass is 10.3. The van der Waals surface area contributed by atoms with Crippen LogP contribution in [0, 0.1) is 0 Å². The van der Waals surface area contributed by atoms with E-state index in [1.807, 2.05) is 5.32 Å². The maximum atomic E-state index is 6.93. The van der Waals surface area contributed by atoms with Gasteiger partial charge in [-0.25, -0.2) is 0 Å². The van der Waals surface area contributed by atoms with Crippen molar-refractivity contribution in [3.05, 3.63) is 0 Å². The topological polar surface area (TPSA) is 12.0 Å². The highest BCUT2D eigenvalue weighted by Crippen LogP contribution is 1.80. The summed E-state index contributed by atoms with van der Waals surface area (Å²) in [5, 5.41) is 1.84. The zero-order valence-electron chi connectivity index (χ0n) is 8.00. The highest BCUT2D eigenvalue weighted by atomic mass is 14.9. The molecule has 0 aromatic carbocycles. The predicted octanol–water partition coefficient (Wildman–Crippen LogP) is -0.0203. The van der Waals surface area contributed by atoms with Crippen LogP contribution in [0.15, 0.2) is 0 Å². The van der Waals surface area contributed by atoms with Crippen LogP contribution in [-0.4, -0.2) is 13.0 Å². The summed E-state index contributed by atoms with van der Waals surface area (Å²) in [6.45, 7) is -4.48. The first-order chi connectivity index (χ1) is 4.21. The fourth-order valence-electron chi connectivity index (χ4n) is 0.0625. The van der Waals surface area contributed by atoms with E-state index in [-0.39, 0.29) is 0 Å². The third-order valence-corrected chi connectivity index (χ3v) is 0.250. The van der Waals surface area contributed by atoms with Crippen LogP contribution in [0.3, 0.4) is 0 Å². The second kappa shape index (κ2) is 0.725. The molecule has 0 aromatic rings. The largest absolute Gasteiger partial charge is 0.317 e. The third-order valence-electron chi connectivity index (χ3n) is 0.250. The number of hydrogen-bond acceptors (Lipinski definition) is 1. The van der Waals surface area contributed by atoms with E-state index in [1.54, 1.807) is 0 Å². The molecule has 1 fully saturated rings. The second-order valence-corrected chi connectivity index (χ2v) is 0.500. The van der Waals surface area contributed by atoms with Crippen LogP contribution in [0.2, 0.25) is 0 Å². The van der Waals surface area contributed by atoms with Crippen LogP contribution in [-0.2, 0) is 0 Å². The minimum atomic E-state index is -2.43. The molecule has 1 rings (SSSR count). The van der Waals surface area contributed by atoms with E-state index < -0.39 is 19.4 Å². The Morgan fingerprint density at radius 2 is 2.50 bits per heavy atom. The highest BCUT2D eigenvalue weighted by molar-refractivity contribution is 4.56. The van der Waals surface area contributed by atoms with Crippen molar-refractivity contribution in [2.45, 2.75) is 6.37 Å². The first-order valence-corrected chi connectivity index (χ1v) is 1.00. The number of nitrogens with one attached hydrogen (secondary N) is 1. The zero-order chi connectivity index (χ0) is 8.21. The number of hydrogen-bond donors (Lipinski definition) is 1. The lowest BCUT2D eigenvalue weighted by Gasteiger charge is -2.09. The molecule has 1 nitrogen and oxygen atoms in total. The van der Waals surface area contributed by atoms with Gasteiger partial charge >= 0.3 is 0 Å². The SMILES string of the molecule is [2H]C1([2H])NC([2H])([2H])C1([2H])[2H]. The molecule has 0 amide bonds. The molecule has 0 aliphatic carbocycles. The van der Waals surface area contributed by atoms with E-state index in [9.17, 15) is 0 Å². The Labute approximate surface area is 34.4 Å². The molecule has 0 bridgehead atoms. The molecule has 1 aliphatic heterocycles. The summed E-state index contributed by atoms with van der Waals surface area (Å²) in [7, 11) is 0. The van der Waals surface area contributed by atoms with Crippen LogP contribution >= 0.6 is 0 Å². The van der Waals surface area contributed by atoms with Crippen LogP contribution in [0.4, 0.5) is 0 Å². The van der Waals surface area contributed by atoms with Crippen molar-refractivity contribution < 1.29 is 8.22 Å². The number of rotatable bonds is 0. The Bertz CT molecular complexity index is 146. The molecule has 1 saturated heterocycles. The smallest absolute Gasteiger partial charge is 0.0428 e. The van der Waals surface area contributed by atoms with Crippen molar-refractivity contribution in [2.75, 3.05) is 13.0 Å². The molecule has 0 unspecified atom stereocenters. The monoisotopic (exact) mass is 63.1 g/mol. The molecule has 24 valence electrons. The molecule has 0 radical (unpaired) electrons. The van der Waals surface area contributed by atoms with Gasteiger partial charge in [0.2, 0.25) is 0 Å². The van der Waals surface area contributed by atoms with Gasteiger partial charge in [0.25, 0.3) is 0 Å². The molecular formula is C3H7N. The second-order valence-electron chi connectivity index (χ2n) is 0.500. The fraction of sp³-hybridized carbons (Fsp3) is 1.00. The molecule has 0 spiro atoms. The first kappa shape index (κ1) is 0.350. The summed E-state index contributed by atoms with van der Waals surface area (Å²) < 4.78 is 41.3. The molecule has 1 heterocycles. The summed E-state index contributed by atoms with van der Waals surface area (Å²) >= 11 is 0. The van der Waals surface area contributed by atoms with E-state index in [0.29, 0.717) is 0 Å². The Morgan fingerprint density at radius 1 is 1.75 bits per heavy atom. The molecule has 1 heteroatoms. The standard InChI is InChI=1S/C3H7N/c1-2-4-3-1/h4H,1-3H2/i1D2,2D2,3D2. The van der Waals surface area contributed by atoms with Crippen LogP contribution in [0.5, 0.6) is 0 Å². The highest BCUT2D eigenvalue weighted by Gasteiger charge is 1.92. The molecule has 1 aliphatic rings. The average Bonchev–Trinajstić information content (AvgIpc) is 1.61. The van der Waals surface area contributed by atoms with Crippen molar-refractivity contribution in [1.82, 2.24) is 5.32 Å². The van der Waals surface area contributed by atoms with Crippen molar-refractivity contribution in [3.8, 4) is 0 Å². The van der Waals surface area contributed by atoms with Crippen LogP contribution < -0.4 is 5.32 Å². The van der Waals surface area contributed by atoms with Gasteiger partial charge in [0.05, 0.1) is 0 Å². The summed E-state index contributed by atoms with van der Waals surface area (Å²) in [6.07, 6.45) is -2.43. The van der Waals surface area contributed by atoms with Gasteiger partial charge in [-0.2, -0.15) is 0 Å². The maximum absolute atomic E-state index is 6.93. The normalized spacial score (nSPS) is 84.0. The van der Waals surface area contributed by atoms with E-state index in [2.05, 4.69) is 0 Å². The molecular weight excluding hydrogens is 50.0 g/mol. The minimum Gasteiger partial charge on any atom is -0.317 e. The van der Waals surface area contributed by atoms with Crippen LogP contribution in [0.25, 0.3) is 0 Å². The predicted molar refractivity (Wildman–Crippen MR) is 17.5 cm³/mol. The minimum absolute atomic E-state index is 1.84. The fourth-order valence-corrected chi connectivity index (χ4v) is 0.0625. The maximum Gasteiger partial charge on any atom is 0.0428 e. The zero-order valence-corrected chi connectivity index (χ0v) is 2.00. The molecule has 1 N–H and O–H groups in total. The van der Waals surface area contributed by atoms with E-state index in [4.69, 9.17) is 8.22 Å². The quantitative estimate of drug-likeness (QED) is 0.416. The van der Waals surface area contributed by atoms with Gasteiger partial charge in [-0.05, 0) is 19.4 Å². The van der Waals surface area contributed by atoms with E-state index in [1.165, 1.54) is 0 Å². The molecule has 0 saturated carbocycles. The molecule has 4 heavy (non-hydrogen) atoms. The summed E-state index contributed by atoms with van der Waals surface area (Å²) in [4.78, 5) is 0. The van der Waals surface area contributed by atoms with Crippen molar-refractivity contribution in [2.24, 2.45) is 0 Å². The van der Waals surface area contributed by atoms with Crippen LogP contribution in [0.1, 0.15) is 14.6 Å². The molecule has 0 aromatic heterocycles. The third kappa shape index (κ3) is 0.115. The lowest BCUT2D eigenvalue weighted by Crippen LogP contribution is -2.29. The van der Waals surface area contributed by atoms with Crippen molar-refractivity contribution in [1.29, 1.82) is 0 Å². The lowest BCUT2D eigenvalue weighted by molar-refractivity contribution is 0.527. The Hall–Kier alpha value is -0.0400. The Kier molecular flexibility index (Phi) is 0.0634. The van der Waals surface area contributed by atoms with Gasteiger partial charge in [-0.15, -0.1) is 0 Å². The Morgan fingerprint density at radius 3 is 2.50 bits per heavy atom. The van der Waals surface area contributed by atoms with Gasteiger partial charge in [0, 0.05) is 8.22 Å². The summed E-state index contributed by atoms with van der Waals surface area (Å²) in [5.41, 5.74) is 0. The van der Waals surface area contributed by atoms with Gasteiger partial charge in [0.1, 0.15) is 0 Å². The van der Waals surface area contributed by atoms with Gasteiger partial charge in [-0.1, -0.05) is 0 Å². The van der Waals surface area contributed by atoms with E-state index in [0.717, 1.165) is 0 Å². The average molecular weight is 63.1 g/mol. The van der Waals surface area contributed by atoms with Gasteiger partial charge < -0.3 is 5.32 Å².